The molecular formula is C27H30FN7O2. The number of aromatic nitrogens is 4. The summed E-state index contributed by atoms with van der Waals surface area (Å²) in [6, 6.07) is 4.39. The Balaban J connectivity index is 1.17. The Morgan fingerprint density at radius 2 is 2.05 bits per heavy atom. The van der Waals surface area contributed by atoms with E-state index in [1.54, 1.807) is 4.68 Å². The lowest BCUT2D eigenvalue weighted by atomic mass is 9.90. The van der Waals surface area contributed by atoms with Crippen molar-refractivity contribution in [3.05, 3.63) is 60.1 Å². The van der Waals surface area contributed by atoms with Gasteiger partial charge >= 0.3 is 0 Å². The first-order chi connectivity index (χ1) is 17.9. The Labute approximate surface area is 215 Å². The van der Waals surface area contributed by atoms with Crippen molar-refractivity contribution in [2.75, 3.05) is 31.5 Å². The van der Waals surface area contributed by atoms with E-state index in [0.29, 0.717) is 25.6 Å². The molecule has 2 saturated heterocycles. The number of nitrogens with one attached hydrogen (secondary N) is 1. The molecule has 192 valence electrons. The molecule has 0 unspecified atom stereocenters. The molecule has 3 aromatic heterocycles. The SMILES string of the molecule is C=C(F)C(=O)N1CC(N2CCC(c3cc4c(c(C)n3)OCc3c(-c5cnn(C)c5)ccnc3N4)CC2)C1. The Bertz CT molecular complexity index is 1370. The molecule has 10 heteroatoms. The highest BCUT2D eigenvalue weighted by molar-refractivity contribution is 5.91. The number of hydrogen-bond donors (Lipinski definition) is 1. The summed E-state index contributed by atoms with van der Waals surface area (Å²) in [7, 11) is 1.90. The van der Waals surface area contributed by atoms with E-state index in [1.807, 2.05) is 38.6 Å². The van der Waals surface area contributed by atoms with E-state index in [-0.39, 0.29) is 6.04 Å². The fourth-order valence-electron chi connectivity index (χ4n) is 5.60. The number of likely N-dealkylation sites (tertiary alicyclic amines) is 2. The first kappa shape index (κ1) is 23.6. The minimum atomic E-state index is -0.884. The zero-order valence-electron chi connectivity index (χ0n) is 21.1. The van der Waals surface area contributed by atoms with E-state index < -0.39 is 11.7 Å². The van der Waals surface area contributed by atoms with Gasteiger partial charge in [-0.05, 0) is 50.6 Å². The van der Waals surface area contributed by atoms with Gasteiger partial charge in [0.2, 0.25) is 0 Å². The summed E-state index contributed by atoms with van der Waals surface area (Å²) >= 11 is 0. The highest BCUT2D eigenvalue weighted by Crippen LogP contribution is 2.40. The zero-order valence-corrected chi connectivity index (χ0v) is 21.1. The van der Waals surface area contributed by atoms with Gasteiger partial charge in [0.1, 0.15) is 12.4 Å². The molecule has 6 heterocycles. The molecule has 37 heavy (non-hydrogen) atoms. The molecule has 0 radical (unpaired) electrons. The van der Waals surface area contributed by atoms with E-state index in [1.165, 1.54) is 4.90 Å². The van der Waals surface area contributed by atoms with Crippen molar-refractivity contribution in [1.29, 1.82) is 0 Å². The number of carbonyl (C=O) groups excluding carboxylic acids is 1. The van der Waals surface area contributed by atoms with E-state index in [4.69, 9.17) is 9.72 Å². The molecule has 0 bridgehead atoms. The molecule has 0 spiro atoms. The summed E-state index contributed by atoms with van der Waals surface area (Å²) in [6.45, 7) is 8.48. The van der Waals surface area contributed by atoms with Crippen LogP contribution in [-0.2, 0) is 18.4 Å². The van der Waals surface area contributed by atoms with Gasteiger partial charge in [0.25, 0.3) is 5.91 Å². The number of halogens is 1. The van der Waals surface area contributed by atoms with Gasteiger partial charge in [-0.1, -0.05) is 6.58 Å². The Hall–Kier alpha value is -3.79. The van der Waals surface area contributed by atoms with Gasteiger partial charge in [-0.25, -0.2) is 9.37 Å². The highest BCUT2D eigenvalue weighted by atomic mass is 19.1. The van der Waals surface area contributed by atoms with Crippen molar-refractivity contribution in [1.82, 2.24) is 29.5 Å². The number of carbonyl (C=O) groups is 1. The number of piperidine rings is 1. The molecule has 3 aromatic rings. The normalized spacial score (nSPS) is 18.2. The number of rotatable bonds is 4. The third-order valence-corrected chi connectivity index (χ3v) is 7.69. The number of anilines is 2. The maximum atomic E-state index is 13.1. The quantitative estimate of drug-likeness (QED) is 0.543. The Kier molecular flexibility index (Phi) is 5.91. The van der Waals surface area contributed by atoms with Gasteiger partial charge < -0.3 is 15.0 Å². The molecule has 6 rings (SSSR count). The predicted octanol–water partition coefficient (Wildman–Crippen LogP) is 3.69. The maximum absolute atomic E-state index is 13.1. The molecule has 3 aliphatic rings. The van der Waals surface area contributed by atoms with Gasteiger partial charge in [0.05, 0.1) is 17.6 Å². The second-order valence-electron chi connectivity index (χ2n) is 10.1. The van der Waals surface area contributed by atoms with Crippen LogP contribution in [0.5, 0.6) is 5.75 Å². The number of hydrogen-bond acceptors (Lipinski definition) is 7. The average Bonchev–Trinajstić information content (AvgIpc) is 3.19. The first-order valence-electron chi connectivity index (χ1n) is 12.6. The van der Waals surface area contributed by atoms with Crippen molar-refractivity contribution in [3.63, 3.8) is 0 Å². The number of fused-ring (bicyclic) bond motifs is 2. The molecule has 0 aromatic carbocycles. The molecular weight excluding hydrogens is 473 g/mol. The lowest BCUT2D eigenvalue weighted by Crippen LogP contribution is -2.62. The maximum Gasteiger partial charge on any atom is 0.282 e. The van der Waals surface area contributed by atoms with Crippen LogP contribution in [0.25, 0.3) is 11.1 Å². The molecule has 0 atom stereocenters. The van der Waals surface area contributed by atoms with Gasteiger partial charge in [0.15, 0.2) is 11.6 Å². The van der Waals surface area contributed by atoms with Crippen molar-refractivity contribution in [2.24, 2.45) is 7.05 Å². The monoisotopic (exact) mass is 503 g/mol. The number of nitrogens with zero attached hydrogens (tertiary/aromatic N) is 6. The predicted molar refractivity (Wildman–Crippen MR) is 137 cm³/mol. The van der Waals surface area contributed by atoms with E-state index in [2.05, 4.69) is 32.9 Å². The molecule has 1 N–H and O–H groups in total. The fraction of sp³-hybridized carbons (Fsp3) is 0.407. The largest absolute Gasteiger partial charge is 0.485 e. The molecule has 1 amide bonds. The Morgan fingerprint density at radius 1 is 1.27 bits per heavy atom. The summed E-state index contributed by atoms with van der Waals surface area (Å²) in [6.07, 6.45) is 7.60. The second kappa shape index (κ2) is 9.26. The molecule has 9 nitrogen and oxygen atoms in total. The van der Waals surface area contributed by atoms with Crippen LogP contribution in [-0.4, -0.2) is 67.7 Å². The van der Waals surface area contributed by atoms with E-state index >= 15 is 0 Å². The average molecular weight is 504 g/mol. The van der Waals surface area contributed by atoms with Crippen molar-refractivity contribution in [3.8, 4) is 16.9 Å². The lowest BCUT2D eigenvalue weighted by molar-refractivity contribution is -0.136. The van der Waals surface area contributed by atoms with Crippen molar-refractivity contribution >= 4 is 17.4 Å². The molecule has 0 saturated carbocycles. The van der Waals surface area contributed by atoms with Crippen LogP contribution in [0.1, 0.15) is 35.7 Å². The van der Waals surface area contributed by atoms with Crippen LogP contribution in [0.3, 0.4) is 0 Å². The second-order valence-corrected chi connectivity index (χ2v) is 10.1. The van der Waals surface area contributed by atoms with Gasteiger partial charge in [-0.15, -0.1) is 0 Å². The van der Waals surface area contributed by atoms with E-state index in [0.717, 1.165) is 71.3 Å². The summed E-state index contributed by atoms with van der Waals surface area (Å²) in [4.78, 5) is 25.2. The third kappa shape index (κ3) is 4.35. The summed E-state index contributed by atoms with van der Waals surface area (Å²) < 4.78 is 21.2. The molecule has 0 aliphatic carbocycles. The number of pyridine rings is 2. The number of ether oxygens (including phenoxy) is 1. The van der Waals surface area contributed by atoms with Crippen LogP contribution in [0, 0.1) is 6.92 Å². The van der Waals surface area contributed by atoms with Crippen LogP contribution < -0.4 is 10.1 Å². The van der Waals surface area contributed by atoms with Crippen LogP contribution in [0.15, 0.2) is 43.1 Å². The van der Waals surface area contributed by atoms with E-state index in [9.17, 15) is 9.18 Å². The molecule has 2 fully saturated rings. The highest BCUT2D eigenvalue weighted by Gasteiger charge is 2.37. The summed E-state index contributed by atoms with van der Waals surface area (Å²) in [5, 5.41) is 7.83. The summed E-state index contributed by atoms with van der Waals surface area (Å²) in [5.74, 6) is 0.402. The Morgan fingerprint density at radius 3 is 2.76 bits per heavy atom. The van der Waals surface area contributed by atoms with Crippen LogP contribution >= 0.6 is 0 Å². The number of aryl methyl sites for hydroxylation is 2. The number of amides is 1. The van der Waals surface area contributed by atoms with Gasteiger partial charge in [-0.2, -0.15) is 5.10 Å². The van der Waals surface area contributed by atoms with Crippen molar-refractivity contribution < 1.29 is 13.9 Å². The topological polar surface area (TPSA) is 88.4 Å². The van der Waals surface area contributed by atoms with Gasteiger partial charge in [0, 0.05) is 61.3 Å². The third-order valence-electron chi connectivity index (χ3n) is 7.69. The van der Waals surface area contributed by atoms with Crippen LogP contribution in [0.4, 0.5) is 15.9 Å². The minimum Gasteiger partial charge on any atom is -0.485 e. The standard InChI is InChI=1S/C27H30FN7O2/c1-16(28)27(36)35-13-20(14-35)34-8-5-18(6-9-34)23-10-24-25(17(2)31-23)37-15-22-21(4-7-29-26(22)32-24)19-11-30-33(3)12-19/h4,7,10-12,18,20H,1,5-6,8-9,13-15H2,2-3H3,(H,29,32). The lowest BCUT2D eigenvalue weighted by Gasteiger charge is -2.47. The van der Waals surface area contributed by atoms with Crippen LogP contribution in [0.2, 0.25) is 0 Å². The minimum absolute atomic E-state index is 0.289. The summed E-state index contributed by atoms with van der Waals surface area (Å²) in [5.41, 5.74) is 5.86. The zero-order chi connectivity index (χ0) is 25.7. The van der Waals surface area contributed by atoms with Crippen molar-refractivity contribution in [2.45, 2.75) is 38.3 Å². The first-order valence-corrected chi connectivity index (χ1v) is 12.6. The molecule has 3 aliphatic heterocycles. The van der Waals surface area contributed by atoms with Gasteiger partial charge in [-0.3, -0.25) is 19.4 Å². The fourth-order valence-corrected chi connectivity index (χ4v) is 5.60. The smallest absolute Gasteiger partial charge is 0.282 e.